The summed E-state index contributed by atoms with van der Waals surface area (Å²) in [6, 6.07) is 17.2. The fraction of sp³-hybridized carbons (Fsp3) is 0.278. The van der Waals surface area contributed by atoms with Gasteiger partial charge in [-0.3, -0.25) is 0 Å². The van der Waals surface area contributed by atoms with Crippen LogP contribution in [0.25, 0.3) is 0 Å². The zero-order valence-corrected chi connectivity index (χ0v) is 13.4. The molecule has 1 heterocycles. The molecule has 0 saturated carbocycles. The van der Waals surface area contributed by atoms with Crippen molar-refractivity contribution in [1.82, 2.24) is 9.88 Å². The molecular formula is C18H19N5. The van der Waals surface area contributed by atoms with E-state index in [0.717, 1.165) is 24.5 Å². The number of anilines is 1. The lowest BCUT2D eigenvalue weighted by molar-refractivity contribution is 0.412. The van der Waals surface area contributed by atoms with Crippen LogP contribution in [0.15, 0.2) is 42.5 Å². The minimum atomic E-state index is 0.414. The molecule has 0 atom stereocenters. The Labute approximate surface area is 137 Å². The predicted octanol–water partition coefficient (Wildman–Crippen LogP) is 2.39. The van der Waals surface area contributed by atoms with E-state index in [1.807, 2.05) is 50.5 Å². The van der Waals surface area contributed by atoms with Gasteiger partial charge < -0.3 is 9.80 Å². The Morgan fingerprint density at radius 1 is 0.957 bits per heavy atom. The van der Waals surface area contributed by atoms with Crippen LogP contribution in [0.5, 0.6) is 0 Å². The van der Waals surface area contributed by atoms with Crippen LogP contribution >= 0.6 is 0 Å². The van der Waals surface area contributed by atoms with Gasteiger partial charge in [0.15, 0.2) is 0 Å². The van der Waals surface area contributed by atoms with Crippen molar-refractivity contribution in [1.29, 1.82) is 10.5 Å². The number of hydrogen-bond acceptors (Lipinski definition) is 5. The Bertz CT molecular complexity index is 722. The maximum absolute atomic E-state index is 9.04. The van der Waals surface area contributed by atoms with E-state index in [-0.39, 0.29) is 0 Å². The van der Waals surface area contributed by atoms with Crippen molar-refractivity contribution in [2.45, 2.75) is 6.54 Å². The van der Waals surface area contributed by atoms with E-state index in [2.05, 4.69) is 26.9 Å². The number of likely N-dealkylation sites (N-methyl/N-ethyl adjacent to an activating group) is 1. The zero-order chi connectivity index (χ0) is 16.7. The van der Waals surface area contributed by atoms with Crippen LogP contribution in [0.2, 0.25) is 0 Å². The second-order valence-corrected chi connectivity index (χ2v) is 5.53. The Hall–Kier alpha value is -2.89. The summed E-state index contributed by atoms with van der Waals surface area (Å²) in [5, 5.41) is 17.9. The topological polar surface area (TPSA) is 67.0 Å². The van der Waals surface area contributed by atoms with E-state index >= 15 is 0 Å². The first-order chi connectivity index (χ1) is 11.1. The number of nitriles is 2. The summed E-state index contributed by atoms with van der Waals surface area (Å²) in [6.45, 7) is 2.37. The number of pyridine rings is 1. The molecule has 0 aliphatic carbocycles. The lowest BCUT2D eigenvalue weighted by atomic mass is 10.1. The van der Waals surface area contributed by atoms with E-state index in [4.69, 9.17) is 10.5 Å². The van der Waals surface area contributed by atoms with Crippen LogP contribution in [0.3, 0.4) is 0 Å². The molecule has 0 unspecified atom stereocenters. The SMILES string of the molecule is CN(C)CCN(Cc1ccc(C#N)cc1)c1cccc(C#N)n1. The Morgan fingerprint density at radius 3 is 2.30 bits per heavy atom. The fourth-order valence-electron chi connectivity index (χ4n) is 2.16. The Kier molecular flexibility index (Phi) is 5.68. The Balaban J connectivity index is 2.22. The molecule has 0 aliphatic heterocycles. The first-order valence-electron chi connectivity index (χ1n) is 7.38. The summed E-state index contributed by atoms with van der Waals surface area (Å²) < 4.78 is 0. The third kappa shape index (κ3) is 4.81. The van der Waals surface area contributed by atoms with E-state index in [1.54, 1.807) is 6.07 Å². The van der Waals surface area contributed by atoms with Crippen molar-refractivity contribution in [3.63, 3.8) is 0 Å². The maximum atomic E-state index is 9.04. The molecular weight excluding hydrogens is 286 g/mol. The lowest BCUT2D eigenvalue weighted by Crippen LogP contribution is -2.32. The Morgan fingerprint density at radius 2 is 1.70 bits per heavy atom. The number of benzene rings is 1. The van der Waals surface area contributed by atoms with Crippen molar-refractivity contribution in [3.05, 3.63) is 59.3 Å². The second kappa shape index (κ2) is 7.93. The zero-order valence-electron chi connectivity index (χ0n) is 13.4. The summed E-state index contributed by atoms with van der Waals surface area (Å²) >= 11 is 0. The highest BCUT2D eigenvalue weighted by Crippen LogP contribution is 2.15. The van der Waals surface area contributed by atoms with Crippen molar-refractivity contribution in [2.24, 2.45) is 0 Å². The van der Waals surface area contributed by atoms with Crippen molar-refractivity contribution < 1.29 is 0 Å². The molecule has 0 amide bonds. The molecule has 23 heavy (non-hydrogen) atoms. The van der Waals surface area contributed by atoms with Gasteiger partial charge in [-0.1, -0.05) is 18.2 Å². The van der Waals surface area contributed by atoms with Crippen LogP contribution in [0.1, 0.15) is 16.8 Å². The van der Waals surface area contributed by atoms with E-state index < -0.39 is 0 Å². The minimum Gasteiger partial charge on any atom is -0.351 e. The van der Waals surface area contributed by atoms with Gasteiger partial charge >= 0.3 is 0 Å². The van der Waals surface area contributed by atoms with E-state index in [1.165, 1.54) is 0 Å². The lowest BCUT2D eigenvalue weighted by Gasteiger charge is -2.25. The molecule has 0 N–H and O–H groups in total. The molecule has 0 saturated heterocycles. The predicted molar refractivity (Wildman–Crippen MR) is 89.7 cm³/mol. The average molecular weight is 305 g/mol. The van der Waals surface area contributed by atoms with Crippen LogP contribution in [0.4, 0.5) is 5.82 Å². The number of rotatable bonds is 6. The smallest absolute Gasteiger partial charge is 0.142 e. The first-order valence-corrected chi connectivity index (χ1v) is 7.38. The highest BCUT2D eigenvalue weighted by Gasteiger charge is 2.10. The van der Waals surface area contributed by atoms with Crippen LogP contribution in [-0.2, 0) is 6.54 Å². The molecule has 1 aromatic carbocycles. The summed E-state index contributed by atoms with van der Waals surface area (Å²) in [5.74, 6) is 0.787. The van der Waals surface area contributed by atoms with Crippen LogP contribution in [-0.4, -0.2) is 37.1 Å². The molecule has 0 fully saturated rings. The molecule has 0 aliphatic rings. The van der Waals surface area contributed by atoms with Gasteiger partial charge in [0.25, 0.3) is 0 Å². The highest BCUT2D eigenvalue weighted by molar-refractivity contribution is 5.43. The molecule has 0 bridgehead atoms. The number of aromatic nitrogens is 1. The summed E-state index contributed by atoms with van der Waals surface area (Å²) in [6.07, 6.45) is 0. The molecule has 116 valence electrons. The van der Waals surface area contributed by atoms with Crippen molar-refractivity contribution in [2.75, 3.05) is 32.1 Å². The second-order valence-electron chi connectivity index (χ2n) is 5.53. The van der Waals surface area contributed by atoms with Gasteiger partial charge in [0.1, 0.15) is 17.6 Å². The highest BCUT2D eigenvalue weighted by atomic mass is 15.2. The largest absolute Gasteiger partial charge is 0.351 e. The third-order valence-electron chi connectivity index (χ3n) is 3.45. The van der Waals surface area contributed by atoms with Gasteiger partial charge in [0.05, 0.1) is 11.6 Å². The molecule has 0 spiro atoms. The minimum absolute atomic E-state index is 0.414. The third-order valence-corrected chi connectivity index (χ3v) is 3.45. The molecule has 5 heteroatoms. The number of nitrogens with zero attached hydrogens (tertiary/aromatic N) is 5. The molecule has 0 radical (unpaired) electrons. The summed E-state index contributed by atoms with van der Waals surface area (Å²) in [7, 11) is 4.05. The first kappa shape index (κ1) is 16.5. The van der Waals surface area contributed by atoms with Crippen molar-refractivity contribution >= 4 is 5.82 Å². The van der Waals surface area contributed by atoms with Gasteiger partial charge in [0, 0.05) is 19.6 Å². The van der Waals surface area contributed by atoms with Gasteiger partial charge in [-0.15, -0.1) is 0 Å². The standard InChI is InChI=1S/C18H19N5/c1-22(2)10-11-23(18-5-3-4-17(13-20)21-18)14-16-8-6-15(12-19)7-9-16/h3-9H,10-11,14H2,1-2H3. The summed E-state index contributed by atoms with van der Waals surface area (Å²) in [5.41, 5.74) is 2.17. The monoisotopic (exact) mass is 305 g/mol. The van der Waals surface area contributed by atoms with Gasteiger partial charge in [-0.05, 0) is 43.9 Å². The maximum Gasteiger partial charge on any atom is 0.142 e. The quantitative estimate of drug-likeness (QED) is 0.820. The molecule has 1 aromatic heterocycles. The van der Waals surface area contributed by atoms with Gasteiger partial charge in [-0.2, -0.15) is 10.5 Å². The average Bonchev–Trinajstić information content (AvgIpc) is 2.59. The van der Waals surface area contributed by atoms with E-state index in [9.17, 15) is 0 Å². The van der Waals surface area contributed by atoms with Crippen molar-refractivity contribution in [3.8, 4) is 12.1 Å². The number of hydrogen-bond donors (Lipinski definition) is 0. The molecule has 2 aromatic rings. The normalized spacial score (nSPS) is 10.1. The summed E-state index contributed by atoms with van der Waals surface area (Å²) in [4.78, 5) is 8.65. The van der Waals surface area contributed by atoms with Gasteiger partial charge in [-0.25, -0.2) is 4.98 Å². The van der Waals surface area contributed by atoms with Gasteiger partial charge in [0.2, 0.25) is 0 Å². The fourth-order valence-corrected chi connectivity index (χ4v) is 2.16. The van der Waals surface area contributed by atoms with E-state index in [0.29, 0.717) is 17.8 Å². The molecule has 5 nitrogen and oxygen atoms in total. The molecule has 2 rings (SSSR count). The van der Waals surface area contributed by atoms with Crippen LogP contribution < -0.4 is 4.90 Å². The van der Waals surface area contributed by atoms with Crippen LogP contribution in [0, 0.1) is 22.7 Å².